The third-order valence-corrected chi connectivity index (χ3v) is 6.67. The van der Waals surface area contributed by atoms with Gasteiger partial charge in [0.15, 0.2) is 6.23 Å². The first kappa shape index (κ1) is 26.8. The van der Waals surface area contributed by atoms with Gasteiger partial charge in [0.25, 0.3) is 5.56 Å². The van der Waals surface area contributed by atoms with Crippen LogP contribution in [0.2, 0.25) is 0 Å². The van der Waals surface area contributed by atoms with E-state index in [2.05, 4.69) is 4.98 Å². The molecule has 1 fully saturated rings. The largest absolute Gasteiger partial charge is 0.374 e. The summed E-state index contributed by atoms with van der Waals surface area (Å²) in [6, 6.07) is 29.5. The van der Waals surface area contributed by atoms with Gasteiger partial charge in [-0.25, -0.2) is 4.79 Å². The molecule has 0 unspecified atom stereocenters. The normalized spacial score (nSPS) is 20.7. The van der Waals surface area contributed by atoms with Crippen molar-refractivity contribution in [2.75, 3.05) is 6.61 Å². The highest BCUT2D eigenvalue weighted by Crippen LogP contribution is 2.34. The molecule has 1 aliphatic heterocycles. The number of benzene rings is 3. The standard InChI is InChI=1S/C31H32N2O6/c1-22-17-33(31(35)32-29(22)34)30-28(38-20-25-15-9-4-10-16-25)27(37-19-24-13-7-3-8-14-24)26(39-30)21-36-18-23-11-5-2-6-12-23/h2-17,26-28,30H,18-21H2,1H3,(H,32,34,35)/t26-,27-,28+,30-/m1/s1. The number of hydrogen-bond acceptors (Lipinski definition) is 6. The minimum absolute atomic E-state index is 0.229. The molecule has 1 aromatic heterocycles. The highest BCUT2D eigenvalue weighted by atomic mass is 16.6. The van der Waals surface area contributed by atoms with E-state index in [1.165, 1.54) is 10.8 Å². The Morgan fingerprint density at radius 2 is 1.26 bits per heavy atom. The van der Waals surface area contributed by atoms with Crippen molar-refractivity contribution in [2.24, 2.45) is 0 Å². The van der Waals surface area contributed by atoms with Gasteiger partial charge in [-0.3, -0.25) is 14.3 Å². The van der Waals surface area contributed by atoms with Crippen LogP contribution >= 0.6 is 0 Å². The Bertz CT molecular complexity index is 1440. The molecule has 3 aromatic carbocycles. The van der Waals surface area contributed by atoms with E-state index in [9.17, 15) is 9.59 Å². The average Bonchev–Trinajstić information content (AvgIpc) is 3.31. The maximum Gasteiger partial charge on any atom is 0.330 e. The molecular weight excluding hydrogens is 496 g/mol. The molecule has 8 nitrogen and oxygen atoms in total. The summed E-state index contributed by atoms with van der Waals surface area (Å²) in [4.78, 5) is 27.3. The summed E-state index contributed by atoms with van der Waals surface area (Å²) in [5, 5.41) is 0. The minimum Gasteiger partial charge on any atom is -0.374 e. The van der Waals surface area contributed by atoms with Crippen molar-refractivity contribution in [3.05, 3.63) is 140 Å². The molecule has 4 aromatic rings. The summed E-state index contributed by atoms with van der Waals surface area (Å²) in [6.07, 6.45) is -1.05. The van der Waals surface area contributed by atoms with Crippen LogP contribution in [0.5, 0.6) is 0 Å². The number of nitrogens with zero attached hydrogens (tertiary/aromatic N) is 1. The first-order valence-electron chi connectivity index (χ1n) is 13.0. The number of aromatic amines is 1. The maximum atomic E-state index is 12.9. The van der Waals surface area contributed by atoms with E-state index in [1.54, 1.807) is 6.92 Å². The number of ether oxygens (including phenoxy) is 4. The molecule has 1 aliphatic rings. The van der Waals surface area contributed by atoms with Crippen LogP contribution in [0.15, 0.2) is 107 Å². The molecule has 39 heavy (non-hydrogen) atoms. The molecule has 5 rings (SSSR count). The van der Waals surface area contributed by atoms with Gasteiger partial charge in [-0.1, -0.05) is 91.0 Å². The first-order valence-corrected chi connectivity index (χ1v) is 13.0. The molecule has 8 heteroatoms. The van der Waals surface area contributed by atoms with Gasteiger partial charge in [-0.15, -0.1) is 0 Å². The second kappa shape index (κ2) is 12.8. The predicted octanol–water partition coefficient (Wildman–Crippen LogP) is 4.13. The first-order chi connectivity index (χ1) is 19.1. The summed E-state index contributed by atoms with van der Waals surface area (Å²) >= 11 is 0. The van der Waals surface area contributed by atoms with Crippen molar-refractivity contribution in [2.45, 2.75) is 51.3 Å². The second-order valence-corrected chi connectivity index (χ2v) is 9.57. The molecular formula is C31H32N2O6. The number of aromatic nitrogens is 2. The molecule has 0 aliphatic carbocycles. The van der Waals surface area contributed by atoms with Gasteiger partial charge in [0, 0.05) is 11.8 Å². The van der Waals surface area contributed by atoms with Gasteiger partial charge in [0.2, 0.25) is 0 Å². The topological polar surface area (TPSA) is 91.8 Å². The lowest BCUT2D eigenvalue weighted by Gasteiger charge is -2.25. The Hall–Kier alpha value is -3.82. The van der Waals surface area contributed by atoms with Crippen molar-refractivity contribution in [1.29, 1.82) is 0 Å². The molecule has 1 saturated heterocycles. The molecule has 0 bridgehead atoms. The lowest BCUT2D eigenvalue weighted by atomic mass is 10.1. The average molecular weight is 529 g/mol. The van der Waals surface area contributed by atoms with Crippen LogP contribution in [0, 0.1) is 6.92 Å². The molecule has 0 spiro atoms. The lowest BCUT2D eigenvalue weighted by molar-refractivity contribution is -0.0921. The monoisotopic (exact) mass is 528 g/mol. The zero-order chi connectivity index (χ0) is 27.0. The number of aryl methyl sites for hydroxylation is 1. The van der Waals surface area contributed by atoms with Crippen molar-refractivity contribution in [3.8, 4) is 0 Å². The van der Waals surface area contributed by atoms with Crippen molar-refractivity contribution >= 4 is 0 Å². The fraction of sp³-hybridized carbons (Fsp3) is 0.290. The summed E-state index contributed by atoms with van der Waals surface area (Å²) < 4.78 is 26.7. The van der Waals surface area contributed by atoms with Gasteiger partial charge < -0.3 is 18.9 Å². The third-order valence-electron chi connectivity index (χ3n) is 6.67. The van der Waals surface area contributed by atoms with Crippen molar-refractivity contribution < 1.29 is 18.9 Å². The van der Waals surface area contributed by atoms with E-state index in [4.69, 9.17) is 18.9 Å². The van der Waals surface area contributed by atoms with Crippen LogP contribution in [0.3, 0.4) is 0 Å². The Morgan fingerprint density at radius 3 is 1.82 bits per heavy atom. The highest BCUT2D eigenvalue weighted by molar-refractivity contribution is 5.15. The van der Waals surface area contributed by atoms with Gasteiger partial charge in [0.05, 0.1) is 26.4 Å². The minimum atomic E-state index is -0.831. The third kappa shape index (κ3) is 6.79. The van der Waals surface area contributed by atoms with E-state index in [-0.39, 0.29) is 6.61 Å². The zero-order valence-electron chi connectivity index (χ0n) is 21.8. The van der Waals surface area contributed by atoms with E-state index >= 15 is 0 Å². The molecule has 1 N–H and O–H groups in total. The van der Waals surface area contributed by atoms with Crippen LogP contribution < -0.4 is 11.2 Å². The Labute approximate surface area is 226 Å². The van der Waals surface area contributed by atoms with Crippen LogP contribution in [-0.2, 0) is 38.8 Å². The summed E-state index contributed by atoms with van der Waals surface area (Å²) in [5.74, 6) is 0. The second-order valence-electron chi connectivity index (χ2n) is 9.57. The van der Waals surface area contributed by atoms with Crippen LogP contribution in [0.25, 0.3) is 0 Å². The lowest BCUT2D eigenvalue weighted by Crippen LogP contribution is -2.41. The molecule has 2 heterocycles. The zero-order valence-corrected chi connectivity index (χ0v) is 21.8. The van der Waals surface area contributed by atoms with E-state index in [0.717, 1.165) is 16.7 Å². The molecule has 202 valence electrons. The smallest absolute Gasteiger partial charge is 0.330 e. The summed E-state index contributed by atoms with van der Waals surface area (Å²) in [7, 11) is 0. The number of rotatable bonds is 11. The SMILES string of the molecule is Cc1cn([C@@H]2O[C@H](COCc3ccccc3)[C@@H](OCc3ccccc3)[C@@H]2OCc2ccccc2)c(=O)[nH]c1=O. The van der Waals surface area contributed by atoms with Crippen molar-refractivity contribution in [3.63, 3.8) is 0 Å². The Kier molecular flexibility index (Phi) is 8.80. The van der Waals surface area contributed by atoms with Crippen LogP contribution in [0.4, 0.5) is 0 Å². The van der Waals surface area contributed by atoms with E-state index in [1.807, 2.05) is 91.0 Å². The highest BCUT2D eigenvalue weighted by Gasteiger charge is 2.48. The quantitative estimate of drug-likeness (QED) is 0.315. The molecule has 0 amide bonds. The number of H-pyrrole nitrogens is 1. The Balaban J connectivity index is 1.43. The van der Waals surface area contributed by atoms with Gasteiger partial charge in [0.1, 0.15) is 18.3 Å². The Morgan fingerprint density at radius 1 is 0.744 bits per heavy atom. The number of hydrogen-bond donors (Lipinski definition) is 1. The fourth-order valence-corrected chi connectivity index (χ4v) is 4.62. The van der Waals surface area contributed by atoms with Crippen molar-refractivity contribution in [1.82, 2.24) is 9.55 Å². The van der Waals surface area contributed by atoms with Crippen LogP contribution in [-0.4, -0.2) is 34.5 Å². The summed E-state index contributed by atoms with van der Waals surface area (Å²) in [6.45, 7) is 2.91. The predicted molar refractivity (Wildman–Crippen MR) is 146 cm³/mol. The van der Waals surface area contributed by atoms with Gasteiger partial charge >= 0.3 is 5.69 Å². The fourth-order valence-electron chi connectivity index (χ4n) is 4.62. The molecule has 4 atom stereocenters. The van der Waals surface area contributed by atoms with E-state index < -0.39 is 35.8 Å². The maximum absolute atomic E-state index is 12.9. The molecule has 0 radical (unpaired) electrons. The molecule has 0 saturated carbocycles. The van der Waals surface area contributed by atoms with Gasteiger partial charge in [-0.05, 0) is 23.6 Å². The van der Waals surface area contributed by atoms with E-state index in [0.29, 0.717) is 25.4 Å². The summed E-state index contributed by atoms with van der Waals surface area (Å²) in [5.41, 5.74) is 2.41. The number of nitrogens with one attached hydrogen (secondary N) is 1. The van der Waals surface area contributed by atoms with Crippen LogP contribution in [0.1, 0.15) is 28.5 Å². The van der Waals surface area contributed by atoms with Gasteiger partial charge in [-0.2, -0.15) is 0 Å².